The van der Waals surface area contributed by atoms with E-state index in [2.05, 4.69) is 26.3 Å². The predicted octanol–water partition coefficient (Wildman–Crippen LogP) is 3.04. The Kier molecular flexibility index (Phi) is 4.79. The first kappa shape index (κ1) is 14.0. The molecular formula is C17H22N4. The smallest absolute Gasteiger partial charge is 0.0887 e. The summed E-state index contributed by atoms with van der Waals surface area (Å²) in [6.45, 7) is 4.59. The van der Waals surface area contributed by atoms with Gasteiger partial charge in [-0.25, -0.2) is 0 Å². The highest BCUT2D eigenvalue weighted by Gasteiger charge is 2.08. The molecule has 0 bridgehead atoms. The molecule has 0 amide bonds. The molecular weight excluding hydrogens is 260 g/mol. The highest BCUT2D eigenvalue weighted by Crippen LogP contribution is 2.15. The minimum atomic E-state index is 0.914. The Morgan fingerprint density at radius 3 is 2.52 bits per heavy atom. The van der Waals surface area contributed by atoms with Crippen LogP contribution in [0.4, 0.5) is 5.69 Å². The molecule has 3 heterocycles. The largest absolute Gasteiger partial charge is 0.383 e. The minimum Gasteiger partial charge on any atom is -0.383 e. The van der Waals surface area contributed by atoms with Crippen molar-refractivity contribution in [2.75, 3.05) is 31.5 Å². The second-order valence-electron chi connectivity index (χ2n) is 5.48. The van der Waals surface area contributed by atoms with Crippen molar-refractivity contribution in [3.8, 4) is 11.4 Å². The monoisotopic (exact) mass is 282 g/mol. The Morgan fingerprint density at radius 1 is 0.952 bits per heavy atom. The second-order valence-corrected chi connectivity index (χ2v) is 5.48. The number of likely N-dealkylation sites (tertiary alicyclic amines) is 1. The first-order chi connectivity index (χ1) is 10.4. The zero-order chi connectivity index (χ0) is 14.3. The lowest BCUT2D eigenvalue weighted by Gasteiger charge is -2.26. The van der Waals surface area contributed by atoms with E-state index in [9.17, 15) is 0 Å². The molecule has 0 atom stereocenters. The normalized spacial score (nSPS) is 15.8. The molecule has 4 heteroatoms. The van der Waals surface area contributed by atoms with E-state index in [4.69, 9.17) is 0 Å². The average molecular weight is 282 g/mol. The van der Waals surface area contributed by atoms with Gasteiger partial charge in [0.1, 0.15) is 0 Å². The van der Waals surface area contributed by atoms with Crippen LogP contribution in [0.3, 0.4) is 0 Å². The average Bonchev–Trinajstić information content (AvgIpc) is 2.57. The molecule has 1 aliphatic rings. The van der Waals surface area contributed by atoms with Gasteiger partial charge in [0, 0.05) is 19.3 Å². The summed E-state index contributed by atoms with van der Waals surface area (Å²) < 4.78 is 0. The van der Waals surface area contributed by atoms with Gasteiger partial charge in [0.25, 0.3) is 0 Å². The molecule has 2 aromatic rings. The number of aromatic nitrogens is 2. The fourth-order valence-corrected chi connectivity index (χ4v) is 2.71. The van der Waals surface area contributed by atoms with Crippen molar-refractivity contribution >= 4 is 5.69 Å². The van der Waals surface area contributed by atoms with E-state index in [1.165, 1.54) is 32.4 Å². The van der Waals surface area contributed by atoms with Gasteiger partial charge in [-0.1, -0.05) is 12.5 Å². The molecule has 3 rings (SSSR count). The highest BCUT2D eigenvalue weighted by atomic mass is 15.1. The van der Waals surface area contributed by atoms with E-state index < -0.39 is 0 Å². The van der Waals surface area contributed by atoms with Gasteiger partial charge in [-0.2, -0.15) is 0 Å². The molecule has 110 valence electrons. The van der Waals surface area contributed by atoms with E-state index in [0.717, 1.165) is 30.2 Å². The van der Waals surface area contributed by atoms with Crippen LogP contribution in [0, 0.1) is 0 Å². The van der Waals surface area contributed by atoms with Gasteiger partial charge in [-0.3, -0.25) is 9.97 Å². The fraction of sp³-hybridized carbons (Fsp3) is 0.412. The summed E-state index contributed by atoms with van der Waals surface area (Å²) >= 11 is 0. The van der Waals surface area contributed by atoms with Crippen molar-refractivity contribution in [3.63, 3.8) is 0 Å². The van der Waals surface area contributed by atoms with Crippen LogP contribution in [0.15, 0.2) is 42.7 Å². The molecule has 0 unspecified atom stereocenters. The topological polar surface area (TPSA) is 41.0 Å². The van der Waals surface area contributed by atoms with Gasteiger partial charge >= 0.3 is 0 Å². The van der Waals surface area contributed by atoms with Crippen molar-refractivity contribution in [1.29, 1.82) is 0 Å². The van der Waals surface area contributed by atoms with Gasteiger partial charge in [-0.15, -0.1) is 0 Å². The van der Waals surface area contributed by atoms with Crippen molar-refractivity contribution in [3.05, 3.63) is 42.7 Å². The molecule has 21 heavy (non-hydrogen) atoms. The summed E-state index contributed by atoms with van der Waals surface area (Å²) in [5.41, 5.74) is 2.90. The summed E-state index contributed by atoms with van der Waals surface area (Å²) in [5.74, 6) is 0. The Bertz CT molecular complexity index is 532. The lowest BCUT2D eigenvalue weighted by molar-refractivity contribution is 0.237. The zero-order valence-corrected chi connectivity index (χ0v) is 12.3. The summed E-state index contributed by atoms with van der Waals surface area (Å²) in [6.07, 6.45) is 7.77. The van der Waals surface area contributed by atoms with E-state index in [1.54, 1.807) is 6.20 Å². The number of piperidine rings is 1. The third-order valence-electron chi connectivity index (χ3n) is 3.90. The summed E-state index contributed by atoms with van der Waals surface area (Å²) in [7, 11) is 0. The molecule has 1 saturated heterocycles. The first-order valence-electron chi connectivity index (χ1n) is 7.75. The Hall–Kier alpha value is -1.94. The van der Waals surface area contributed by atoms with Crippen LogP contribution in [0.1, 0.15) is 19.3 Å². The molecule has 0 spiro atoms. The number of hydrogen-bond donors (Lipinski definition) is 1. The standard InChI is InChI=1S/C17H22N4/c1-4-11-21(12-5-1)13-10-18-15-7-8-17(20-14-15)16-6-2-3-9-19-16/h2-3,6-9,14,18H,1,4-5,10-13H2. The van der Waals surface area contributed by atoms with E-state index >= 15 is 0 Å². The van der Waals surface area contributed by atoms with Crippen molar-refractivity contribution in [2.24, 2.45) is 0 Å². The maximum atomic E-state index is 4.48. The maximum absolute atomic E-state index is 4.48. The SMILES string of the molecule is c1ccc(-c2ccc(NCCN3CCCCC3)cn2)nc1. The molecule has 4 nitrogen and oxygen atoms in total. The molecule has 0 saturated carbocycles. The van der Waals surface area contributed by atoms with Crippen LogP contribution in [0.2, 0.25) is 0 Å². The molecule has 1 fully saturated rings. The van der Waals surface area contributed by atoms with Crippen molar-refractivity contribution in [1.82, 2.24) is 14.9 Å². The van der Waals surface area contributed by atoms with Gasteiger partial charge in [0.2, 0.25) is 0 Å². The molecule has 0 radical (unpaired) electrons. The molecule has 1 aliphatic heterocycles. The van der Waals surface area contributed by atoms with Crippen LogP contribution < -0.4 is 5.32 Å². The predicted molar refractivity (Wildman–Crippen MR) is 86.2 cm³/mol. The van der Waals surface area contributed by atoms with Crippen LogP contribution >= 0.6 is 0 Å². The van der Waals surface area contributed by atoms with Gasteiger partial charge < -0.3 is 10.2 Å². The Balaban J connectivity index is 1.50. The Morgan fingerprint density at radius 2 is 1.81 bits per heavy atom. The lowest BCUT2D eigenvalue weighted by Crippen LogP contribution is -2.33. The van der Waals surface area contributed by atoms with Crippen molar-refractivity contribution < 1.29 is 0 Å². The molecule has 2 aromatic heterocycles. The molecule has 0 aliphatic carbocycles. The van der Waals surface area contributed by atoms with Gasteiger partial charge in [0.15, 0.2) is 0 Å². The number of hydrogen-bond acceptors (Lipinski definition) is 4. The number of nitrogens with zero attached hydrogens (tertiary/aromatic N) is 3. The van der Waals surface area contributed by atoms with Crippen LogP contribution in [0.5, 0.6) is 0 Å². The van der Waals surface area contributed by atoms with E-state index in [-0.39, 0.29) is 0 Å². The minimum absolute atomic E-state index is 0.914. The number of pyridine rings is 2. The van der Waals surface area contributed by atoms with Gasteiger partial charge in [0.05, 0.1) is 23.3 Å². The Labute approximate surface area is 126 Å². The summed E-state index contributed by atoms with van der Waals surface area (Å²) in [6, 6.07) is 9.97. The maximum Gasteiger partial charge on any atom is 0.0887 e. The summed E-state index contributed by atoms with van der Waals surface area (Å²) in [4.78, 5) is 11.3. The van der Waals surface area contributed by atoms with E-state index in [1.807, 2.05) is 30.5 Å². The van der Waals surface area contributed by atoms with Crippen LogP contribution in [-0.4, -0.2) is 41.0 Å². The number of rotatable bonds is 5. The van der Waals surface area contributed by atoms with Crippen molar-refractivity contribution in [2.45, 2.75) is 19.3 Å². The highest BCUT2D eigenvalue weighted by molar-refractivity contribution is 5.56. The third-order valence-corrected chi connectivity index (χ3v) is 3.90. The van der Waals surface area contributed by atoms with E-state index in [0.29, 0.717) is 0 Å². The lowest BCUT2D eigenvalue weighted by atomic mass is 10.1. The third kappa shape index (κ3) is 4.02. The first-order valence-corrected chi connectivity index (χ1v) is 7.75. The number of nitrogens with one attached hydrogen (secondary N) is 1. The fourth-order valence-electron chi connectivity index (χ4n) is 2.71. The summed E-state index contributed by atoms with van der Waals surface area (Å²) in [5, 5.41) is 3.45. The molecule has 1 N–H and O–H groups in total. The van der Waals surface area contributed by atoms with Gasteiger partial charge in [-0.05, 0) is 50.2 Å². The molecule has 0 aromatic carbocycles. The quantitative estimate of drug-likeness (QED) is 0.915. The zero-order valence-electron chi connectivity index (χ0n) is 12.3. The second kappa shape index (κ2) is 7.18. The van der Waals surface area contributed by atoms with Crippen LogP contribution in [-0.2, 0) is 0 Å². The number of anilines is 1. The van der Waals surface area contributed by atoms with Crippen LogP contribution in [0.25, 0.3) is 11.4 Å².